The van der Waals surface area contributed by atoms with Crippen molar-refractivity contribution in [1.82, 2.24) is 0 Å². The van der Waals surface area contributed by atoms with Crippen molar-refractivity contribution in [1.29, 1.82) is 0 Å². The number of aryl methyl sites for hydroxylation is 1. The van der Waals surface area contributed by atoms with Crippen LogP contribution < -0.4 is 5.32 Å². The highest BCUT2D eigenvalue weighted by atomic mass is 16.1. The number of benzene rings is 1. The number of hydrogen-bond donors (Lipinski definition) is 1. The molecular weight excluding hydrogens is 234 g/mol. The van der Waals surface area contributed by atoms with Crippen molar-refractivity contribution in [2.24, 2.45) is 17.8 Å². The fourth-order valence-corrected chi connectivity index (χ4v) is 3.95. The summed E-state index contributed by atoms with van der Waals surface area (Å²) in [7, 11) is 0. The summed E-state index contributed by atoms with van der Waals surface area (Å²) >= 11 is 0. The normalized spacial score (nSPS) is 28.6. The maximum absolute atomic E-state index is 12.1. The van der Waals surface area contributed by atoms with Crippen LogP contribution in [0.2, 0.25) is 0 Å². The Labute approximate surface area is 115 Å². The van der Waals surface area contributed by atoms with Crippen molar-refractivity contribution in [3.63, 3.8) is 0 Å². The van der Waals surface area contributed by atoms with Crippen LogP contribution in [0.5, 0.6) is 0 Å². The van der Waals surface area contributed by atoms with Crippen molar-refractivity contribution >= 4 is 11.6 Å². The Morgan fingerprint density at radius 2 is 2.21 bits per heavy atom. The Morgan fingerprint density at radius 1 is 1.32 bits per heavy atom. The van der Waals surface area contributed by atoms with Gasteiger partial charge in [-0.2, -0.15) is 0 Å². The zero-order chi connectivity index (χ0) is 13.2. The molecule has 0 saturated heterocycles. The summed E-state index contributed by atoms with van der Waals surface area (Å²) in [6.07, 6.45) is 7.15. The van der Waals surface area contributed by atoms with E-state index in [1.807, 2.05) is 12.1 Å². The minimum absolute atomic E-state index is 0.200. The number of nitrogens with one attached hydrogen (secondary N) is 1. The predicted octanol–water partition coefficient (Wildman–Crippen LogP) is 4.01. The summed E-state index contributed by atoms with van der Waals surface area (Å²) in [5, 5.41) is 3.06. The van der Waals surface area contributed by atoms with Gasteiger partial charge in [-0.1, -0.05) is 25.5 Å². The van der Waals surface area contributed by atoms with Gasteiger partial charge in [-0.3, -0.25) is 4.79 Å². The molecule has 1 amide bonds. The monoisotopic (exact) mass is 257 g/mol. The summed E-state index contributed by atoms with van der Waals surface area (Å²) in [6.45, 7) is 2.14. The smallest absolute Gasteiger partial charge is 0.224 e. The molecule has 2 aliphatic carbocycles. The molecular formula is C17H23NO. The molecule has 0 unspecified atom stereocenters. The zero-order valence-corrected chi connectivity index (χ0v) is 11.7. The molecule has 19 heavy (non-hydrogen) atoms. The minimum Gasteiger partial charge on any atom is -0.326 e. The molecule has 0 radical (unpaired) electrons. The van der Waals surface area contributed by atoms with Gasteiger partial charge in [0.2, 0.25) is 5.91 Å². The third-order valence-electron chi connectivity index (χ3n) is 4.95. The van der Waals surface area contributed by atoms with Gasteiger partial charge in [0.1, 0.15) is 0 Å². The van der Waals surface area contributed by atoms with Crippen molar-refractivity contribution in [2.75, 3.05) is 5.32 Å². The zero-order valence-electron chi connectivity index (χ0n) is 11.7. The van der Waals surface area contributed by atoms with Gasteiger partial charge in [0.25, 0.3) is 0 Å². The van der Waals surface area contributed by atoms with Gasteiger partial charge < -0.3 is 5.32 Å². The second kappa shape index (κ2) is 5.36. The van der Waals surface area contributed by atoms with Gasteiger partial charge in [-0.05, 0) is 61.1 Å². The molecule has 2 heteroatoms. The SMILES string of the molecule is CCc1cccc(NC(=O)C[C@H]2C[C@@H]3CC[C@@H]2C3)c1. The largest absolute Gasteiger partial charge is 0.326 e. The van der Waals surface area contributed by atoms with Crippen LogP contribution in [-0.2, 0) is 11.2 Å². The van der Waals surface area contributed by atoms with E-state index in [1.54, 1.807) is 0 Å². The van der Waals surface area contributed by atoms with Crippen LogP contribution in [0.1, 0.15) is 44.6 Å². The van der Waals surface area contributed by atoms with Crippen LogP contribution in [0.15, 0.2) is 24.3 Å². The molecule has 0 spiro atoms. The van der Waals surface area contributed by atoms with E-state index in [0.717, 1.165) is 30.4 Å². The fourth-order valence-electron chi connectivity index (χ4n) is 3.95. The number of amides is 1. The maximum Gasteiger partial charge on any atom is 0.224 e. The minimum atomic E-state index is 0.200. The molecule has 0 heterocycles. The Bertz CT molecular complexity index is 468. The number of hydrogen-bond acceptors (Lipinski definition) is 1. The molecule has 2 saturated carbocycles. The Hall–Kier alpha value is -1.31. The van der Waals surface area contributed by atoms with E-state index in [9.17, 15) is 4.79 Å². The lowest BCUT2D eigenvalue weighted by atomic mass is 9.86. The summed E-state index contributed by atoms with van der Waals surface area (Å²) in [5.41, 5.74) is 2.23. The quantitative estimate of drug-likeness (QED) is 0.867. The molecule has 0 aromatic heterocycles. The maximum atomic E-state index is 12.1. The van der Waals surface area contributed by atoms with Gasteiger partial charge in [0.15, 0.2) is 0 Å². The van der Waals surface area contributed by atoms with E-state index >= 15 is 0 Å². The number of rotatable bonds is 4. The van der Waals surface area contributed by atoms with Gasteiger partial charge in [-0.15, -0.1) is 0 Å². The lowest BCUT2D eigenvalue weighted by molar-refractivity contribution is -0.117. The van der Waals surface area contributed by atoms with E-state index in [-0.39, 0.29) is 5.91 Å². The first-order chi connectivity index (χ1) is 9.24. The van der Waals surface area contributed by atoms with Gasteiger partial charge in [0, 0.05) is 12.1 Å². The lowest BCUT2D eigenvalue weighted by Crippen LogP contribution is -2.20. The molecule has 2 fully saturated rings. The van der Waals surface area contributed by atoms with Gasteiger partial charge >= 0.3 is 0 Å². The van der Waals surface area contributed by atoms with E-state index in [2.05, 4.69) is 24.4 Å². The van der Waals surface area contributed by atoms with Crippen molar-refractivity contribution in [3.05, 3.63) is 29.8 Å². The molecule has 3 atom stereocenters. The van der Waals surface area contributed by atoms with Crippen LogP contribution >= 0.6 is 0 Å². The summed E-state index contributed by atoms with van der Waals surface area (Å²) < 4.78 is 0. The topological polar surface area (TPSA) is 29.1 Å². The molecule has 1 aromatic rings. The summed E-state index contributed by atoms with van der Waals surface area (Å²) in [6, 6.07) is 8.19. The van der Waals surface area contributed by atoms with Crippen LogP contribution in [-0.4, -0.2) is 5.91 Å². The average molecular weight is 257 g/mol. The number of carbonyl (C=O) groups is 1. The molecule has 1 aromatic carbocycles. The first-order valence-corrected chi connectivity index (χ1v) is 7.63. The first-order valence-electron chi connectivity index (χ1n) is 7.63. The van der Waals surface area contributed by atoms with E-state index in [4.69, 9.17) is 0 Å². The third kappa shape index (κ3) is 2.83. The highest BCUT2D eigenvalue weighted by Gasteiger charge is 2.40. The second-order valence-corrected chi connectivity index (χ2v) is 6.24. The van der Waals surface area contributed by atoms with Crippen molar-refractivity contribution < 1.29 is 4.79 Å². The highest BCUT2D eigenvalue weighted by molar-refractivity contribution is 5.90. The van der Waals surface area contributed by atoms with Crippen molar-refractivity contribution in [3.8, 4) is 0 Å². The van der Waals surface area contributed by atoms with E-state index < -0.39 is 0 Å². The first kappa shape index (κ1) is 12.7. The second-order valence-electron chi connectivity index (χ2n) is 6.24. The van der Waals surface area contributed by atoms with Crippen LogP contribution in [0.4, 0.5) is 5.69 Å². The van der Waals surface area contributed by atoms with Gasteiger partial charge in [0.05, 0.1) is 0 Å². The van der Waals surface area contributed by atoms with Crippen LogP contribution in [0.25, 0.3) is 0 Å². The highest BCUT2D eigenvalue weighted by Crippen LogP contribution is 2.49. The average Bonchev–Trinajstić information content (AvgIpc) is 3.01. The molecule has 2 bridgehead atoms. The van der Waals surface area contributed by atoms with Gasteiger partial charge in [-0.25, -0.2) is 0 Å². The predicted molar refractivity (Wildman–Crippen MR) is 78.0 cm³/mol. The number of fused-ring (bicyclic) bond motifs is 2. The Balaban J connectivity index is 1.56. The van der Waals surface area contributed by atoms with Crippen molar-refractivity contribution in [2.45, 2.75) is 45.4 Å². The molecule has 2 aliphatic rings. The third-order valence-corrected chi connectivity index (χ3v) is 4.95. The molecule has 102 valence electrons. The van der Waals surface area contributed by atoms with E-state index in [0.29, 0.717) is 5.92 Å². The standard InChI is InChI=1S/C17H23NO/c1-2-12-4-3-5-16(10-12)18-17(19)11-15-9-13-6-7-14(15)8-13/h3-5,10,13-15H,2,6-9,11H2,1H3,(H,18,19)/t13-,14-,15-/m1/s1. The molecule has 1 N–H and O–H groups in total. The molecule has 2 nitrogen and oxygen atoms in total. The lowest BCUT2D eigenvalue weighted by Gasteiger charge is -2.20. The summed E-state index contributed by atoms with van der Waals surface area (Å²) in [5.74, 6) is 2.60. The number of anilines is 1. The van der Waals surface area contributed by atoms with E-state index in [1.165, 1.54) is 31.2 Å². The summed E-state index contributed by atoms with van der Waals surface area (Å²) in [4.78, 5) is 12.1. The molecule has 0 aliphatic heterocycles. The number of carbonyl (C=O) groups excluding carboxylic acids is 1. The Morgan fingerprint density at radius 3 is 2.89 bits per heavy atom. The fraction of sp³-hybridized carbons (Fsp3) is 0.588. The van der Waals surface area contributed by atoms with Crippen LogP contribution in [0, 0.1) is 17.8 Å². The van der Waals surface area contributed by atoms with Crippen LogP contribution in [0.3, 0.4) is 0 Å². The Kier molecular flexibility index (Phi) is 3.58. The molecule has 3 rings (SSSR count).